The largest absolute Gasteiger partial charge is 0.481 e. The fraction of sp³-hybridized carbons (Fsp3) is 0.500. The van der Waals surface area contributed by atoms with E-state index in [9.17, 15) is 9.59 Å². The lowest BCUT2D eigenvalue weighted by Crippen LogP contribution is -2.37. The Balaban J connectivity index is 2.30. The number of carboxylic acid groups (broad SMARTS) is 1. The van der Waals surface area contributed by atoms with Crippen LogP contribution >= 0.6 is 0 Å². The van der Waals surface area contributed by atoms with Gasteiger partial charge in [0.2, 0.25) is 11.9 Å². The summed E-state index contributed by atoms with van der Waals surface area (Å²) in [5.74, 6) is -1.04. The minimum atomic E-state index is -0.857. The van der Waals surface area contributed by atoms with Crippen molar-refractivity contribution in [2.75, 3.05) is 25.0 Å². The molecule has 19 heavy (non-hydrogen) atoms. The molecule has 1 unspecified atom stereocenters. The van der Waals surface area contributed by atoms with Crippen molar-refractivity contribution < 1.29 is 14.7 Å². The Morgan fingerprint density at radius 3 is 2.63 bits per heavy atom. The average Bonchev–Trinajstić information content (AvgIpc) is 2.39. The van der Waals surface area contributed by atoms with Crippen LogP contribution in [0.2, 0.25) is 0 Å². The molecule has 0 fully saturated rings. The molecule has 104 valence electrons. The van der Waals surface area contributed by atoms with Gasteiger partial charge in [-0.1, -0.05) is 6.92 Å². The van der Waals surface area contributed by atoms with Crippen LogP contribution in [0.5, 0.6) is 0 Å². The van der Waals surface area contributed by atoms with Crippen LogP contribution in [0.4, 0.5) is 5.95 Å². The number of hydrogen-bond donors (Lipinski definition) is 2. The first kappa shape index (κ1) is 14.9. The minimum absolute atomic E-state index is 0.130. The molecule has 7 heteroatoms. The predicted octanol–water partition coefficient (Wildman–Crippen LogP) is 0.140. The molecule has 1 heterocycles. The summed E-state index contributed by atoms with van der Waals surface area (Å²) in [5.41, 5.74) is 0. The number of carbonyl (C=O) groups excluding carboxylic acids is 1. The SMILES string of the molecule is CC(CCNC(=O)CN(C)c1ncccn1)C(=O)O. The second-order valence-corrected chi connectivity index (χ2v) is 4.28. The van der Waals surface area contributed by atoms with Gasteiger partial charge in [-0.15, -0.1) is 0 Å². The number of anilines is 1. The molecule has 1 aromatic rings. The van der Waals surface area contributed by atoms with Gasteiger partial charge in [-0.05, 0) is 12.5 Å². The third-order valence-electron chi connectivity index (χ3n) is 2.60. The quantitative estimate of drug-likeness (QED) is 0.729. The third kappa shape index (κ3) is 5.33. The summed E-state index contributed by atoms with van der Waals surface area (Å²) in [6.07, 6.45) is 3.61. The second kappa shape index (κ2) is 7.30. The first-order chi connectivity index (χ1) is 9.00. The monoisotopic (exact) mass is 266 g/mol. The molecule has 0 aliphatic rings. The topological polar surface area (TPSA) is 95.4 Å². The van der Waals surface area contributed by atoms with Crippen molar-refractivity contribution in [2.45, 2.75) is 13.3 Å². The van der Waals surface area contributed by atoms with E-state index in [4.69, 9.17) is 5.11 Å². The molecule has 1 atom stereocenters. The van der Waals surface area contributed by atoms with Crippen molar-refractivity contribution in [1.29, 1.82) is 0 Å². The van der Waals surface area contributed by atoms with Crippen molar-refractivity contribution in [3.8, 4) is 0 Å². The zero-order chi connectivity index (χ0) is 14.3. The maximum absolute atomic E-state index is 11.6. The maximum atomic E-state index is 11.6. The number of nitrogens with one attached hydrogen (secondary N) is 1. The van der Waals surface area contributed by atoms with Gasteiger partial charge in [0.1, 0.15) is 0 Å². The highest BCUT2D eigenvalue weighted by Gasteiger charge is 2.12. The molecule has 0 saturated carbocycles. The molecule has 0 radical (unpaired) electrons. The van der Waals surface area contributed by atoms with Crippen LogP contribution in [0.3, 0.4) is 0 Å². The number of amides is 1. The third-order valence-corrected chi connectivity index (χ3v) is 2.60. The molecular weight excluding hydrogens is 248 g/mol. The summed E-state index contributed by atoms with van der Waals surface area (Å²) in [4.78, 5) is 31.9. The van der Waals surface area contributed by atoms with E-state index in [1.165, 1.54) is 0 Å². The molecular formula is C12H18N4O3. The zero-order valence-electron chi connectivity index (χ0n) is 11.0. The van der Waals surface area contributed by atoms with Gasteiger partial charge in [0.15, 0.2) is 0 Å². The maximum Gasteiger partial charge on any atom is 0.306 e. The van der Waals surface area contributed by atoms with Crippen LogP contribution in [0, 0.1) is 5.92 Å². The normalized spacial score (nSPS) is 11.7. The Labute approximate surface area is 111 Å². The summed E-state index contributed by atoms with van der Waals surface area (Å²) in [6, 6.07) is 1.70. The van der Waals surface area contributed by atoms with Crippen molar-refractivity contribution in [1.82, 2.24) is 15.3 Å². The Kier molecular flexibility index (Phi) is 5.72. The van der Waals surface area contributed by atoms with E-state index in [1.807, 2.05) is 0 Å². The molecule has 0 aliphatic heterocycles. The summed E-state index contributed by atoms with van der Waals surface area (Å²) in [6.45, 7) is 2.08. The van der Waals surface area contributed by atoms with Crippen LogP contribution < -0.4 is 10.2 Å². The van der Waals surface area contributed by atoms with Crippen molar-refractivity contribution in [3.05, 3.63) is 18.5 Å². The summed E-state index contributed by atoms with van der Waals surface area (Å²) in [7, 11) is 1.72. The highest BCUT2D eigenvalue weighted by molar-refractivity contribution is 5.80. The Hall–Kier alpha value is -2.18. The number of likely N-dealkylation sites (N-methyl/N-ethyl adjacent to an activating group) is 1. The second-order valence-electron chi connectivity index (χ2n) is 4.28. The van der Waals surface area contributed by atoms with Crippen LogP contribution in [-0.4, -0.2) is 47.1 Å². The highest BCUT2D eigenvalue weighted by Crippen LogP contribution is 2.01. The van der Waals surface area contributed by atoms with Crippen LogP contribution in [-0.2, 0) is 9.59 Å². The van der Waals surface area contributed by atoms with E-state index in [1.54, 1.807) is 37.3 Å². The fourth-order valence-corrected chi connectivity index (χ4v) is 1.38. The highest BCUT2D eigenvalue weighted by atomic mass is 16.4. The van der Waals surface area contributed by atoms with E-state index in [0.717, 1.165) is 0 Å². The zero-order valence-corrected chi connectivity index (χ0v) is 11.0. The van der Waals surface area contributed by atoms with Crippen LogP contribution in [0.25, 0.3) is 0 Å². The molecule has 1 rings (SSSR count). The Morgan fingerprint density at radius 2 is 2.05 bits per heavy atom. The molecule has 0 bridgehead atoms. The van der Waals surface area contributed by atoms with Gasteiger partial charge in [0, 0.05) is 26.0 Å². The molecule has 1 amide bonds. The number of hydrogen-bond acceptors (Lipinski definition) is 5. The molecule has 0 aliphatic carbocycles. The number of aromatic nitrogens is 2. The Morgan fingerprint density at radius 1 is 1.42 bits per heavy atom. The molecule has 2 N–H and O–H groups in total. The summed E-state index contributed by atoms with van der Waals surface area (Å²) in [5, 5.41) is 11.4. The number of carboxylic acids is 1. The first-order valence-corrected chi connectivity index (χ1v) is 5.98. The van der Waals surface area contributed by atoms with E-state index in [-0.39, 0.29) is 12.5 Å². The first-order valence-electron chi connectivity index (χ1n) is 5.98. The van der Waals surface area contributed by atoms with Crippen LogP contribution in [0.1, 0.15) is 13.3 Å². The van der Waals surface area contributed by atoms with Gasteiger partial charge in [-0.3, -0.25) is 9.59 Å². The van der Waals surface area contributed by atoms with E-state index < -0.39 is 11.9 Å². The van der Waals surface area contributed by atoms with Crippen molar-refractivity contribution in [2.24, 2.45) is 5.92 Å². The van der Waals surface area contributed by atoms with Gasteiger partial charge in [0.05, 0.1) is 12.5 Å². The lowest BCUT2D eigenvalue weighted by Gasteiger charge is -2.16. The van der Waals surface area contributed by atoms with Crippen molar-refractivity contribution >= 4 is 17.8 Å². The standard InChI is InChI=1S/C12H18N4O3/c1-9(11(18)19)4-7-13-10(17)8-16(2)12-14-5-3-6-15-12/h3,5-6,9H,4,7-8H2,1-2H3,(H,13,17)(H,18,19). The number of aliphatic carboxylic acids is 1. The lowest BCUT2D eigenvalue weighted by molar-refractivity contribution is -0.141. The summed E-state index contributed by atoms with van der Waals surface area (Å²) >= 11 is 0. The average molecular weight is 266 g/mol. The molecule has 0 saturated heterocycles. The fourth-order valence-electron chi connectivity index (χ4n) is 1.38. The minimum Gasteiger partial charge on any atom is -0.481 e. The smallest absolute Gasteiger partial charge is 0.306 e. The van der Waals surface area contributed by atoms with Gasteiger partial charge in [0.25, 0.3) is 0 Å². The van der Waals surface area contributed by atoms with E-state index in [2.05, 4.69) is 15.3 Å². The number of carbonyl (C=O) groups is 2. The van der Waals surface area contributed by atoms with Gasteiger partial charge in [-0.2, -0.15) is 0 Å². The lowest BCUT2D eigenvalue weighted by atomic mass is 10.1. The van der Waals surface area contributed by atoms with E-state index in [0.29, 0.717) is 18.9 Å². The van der Waals surface area contributed by atoms with E-state index >= 15 is 0 Å². The predicted molar refractivity (Wildman–Crippen MR) is 69.7 cm³/mol. The van der Waals surface area contributed by atoms with Gasteiger partial charge < -0.3 is 15.3 Å². The molecule has 0 aromatic carbocycles. The number of nitrogens with zero attached hydrogens (tertiary/aromatic N) is 3. The van der Waals surface area contributed by atoms with Crippen LogP contribution in [0.15, 0.2) is 18.5 Å². The number of rotatable bonds is 7. The van der Waals surface area contributed by atoms with Crippen molar-refractivity contribution in [3.63, 3.8) is 0 Å². The molecule has 7 nitrogen and oxygen atoms in total. The molecule has 1 aromatic heterocycles. The van der Waals surface area contributed by atoms with Gasteiger partial charge >= 0.3 is 5.97 Å². The Bertz CT molecular complexity index is 424. The van der Waals surface area contributed by atoms with Gasteiger partial charge in [-0.25, -0.2) is 9.97 Å². The summed E-state index contributed by atoms with van der Waals surface area (Å²) < 4.78 is 0. The molecule has 0 spiro atoms.